The van der Waals surface area contributed by atoms with Crippen LogP contribution >= 0.6 is 0 Å². The van der Waals surface area contributed by atoms with E-state index < -0.39 is 0 Å². The quantitative estimate of drug-likeness (QED) is 0.458. The highest BCUT2D eigenvalue weighted by Crippen LogP contribution is 2.09. The van der Waals surface area contributed by atoms with E-state index in [0.717, 1.165) is 12.8 Å². The molecule has 4 heteroatoms. The average molecular weight is 262 g/mol. The lowest BCUT2D eigenvalue weighted by atomic mass is 10.0. The largest absolute Gasteiger partial charge is 0.277 e. The number of aryl methyl sites for hydroxylation is 1. The van der Waals surface area contributed by atoms with E-state index in [4.69, 9.17) is 0 Å². The van der Waals surface area contributed by atoms with Crippen molar-refractivity contribution in [1.29, 1.82) is 0 Å². The summed E-state index contributed by atoms with van der Waals surface area (Å²) in [4.78, 5) is 11.8. The van der Waals surface area contributed by atoms with Crippen molar-refractivity contribution >= 4 is 12.1 Å². The van der Waals surface area contributed by atoms with Gasteiger partial charge < -0.3 is 0 Å². The highest BCUT2D eigenvalue weighted by atomic mass is 16.2. The molecule has 0 aliphatic rings. The zero-order chi connectivity index (χ0) is 14.1. The number of amides is 1. The smallest absolute Gasteiger partial charge is 0.267 e. The van der Waals surface area contributed by atoms with Gasteiger partial charge in [-0.3, -0.25) is 4.79 Å². The number of unbranched alkanes of at least 4 members (excludes halogenated alkanes) is 1. The molecule has 0 saturated carbocycles. The summed E-state index contributed by atoms with van der Waals surface area (Å²) >= 11 is 0. The highest BCUT2D eigenvalue weighted by molar-refractivity contribution is 5.93. The third-order valence-corrected chi connectivity index (χ3v) is 3.11. The molecule has 1 rings (SSSR count). The lowest BCUT2D eigenvalue weighted by molar-refractivity contribution is -0.671. The Kier molecular flexibility index (Phi) is 6.79. The van der Waals surface area contributed by atoms with Gasteiger partial charge in [0.2, 0.25) is 0 Å². The second-order valence-corrected chi connectivity index (χ2v) is 4.79. The summed E-state index contributed by atoms with van der Waals surface area (Å²) in [6, 6.07) is 3.62. The van der Waals surface area contributed by atoms with Gasteiger partial charge in [0.25, 0.3) is 5.91 Å². The summed E-state index contributed by atoms with van der Waals surface area (Å²) in [6.07, 6.45) is 10.1. The number of nitrogens with one attached hydrogen (secondary N) is 1. The van der Waals surface area contributed by atoms with Gasteiger partial charge >= 0.3 is 0 Å². The van der Waals surface area contributed by atoms with Gasteiger partial charge in [0, 0.05) is 12.3 Å². The lowest BCUT2D eigenvalue weighted by Gasteiger charge is -2.07. The van der Waals surface area contributed by atoms with Crippen LogP contribution in [0.1, 0.15) is 49.9 Å². The Morgan fingerprint density at radius 3 is 2.95 bits per heavy atom. The van der Waals surface area contributed by atoms with Crippen LogP contribution in [0.15, 0.2) is 29.6 Å². The van der Waals surface area contributed by atoms with Crippen molar-refractivity contribution < 1.29 is 9.36 Å². The molecule has 0 spiro atoms. The molecule has 1 aromatic heterocycles. The molecule has 1 amide bonds. The van der Waals surface area contributed by atoms with Crippen LogP contribution in [0, 0.1) is 5.92 Å². The predicted octanol–water partition coefficient (Wildman–Crippen LogP) is 2.44. The molecule has 1 atom stereocenters. The van der Waals surface area contributed by atoms with E-state index in [0.29, 0.717) is 11.5 Å². The minimum atomic E-state index is -0.169. The van der Waals surface area contributed by atoms with Crippen LogP contribution in [-0.4, -0.2) is 12.1 Å². The molecule has 19 heavy (non-hydrogen) atoms. The van der Waals surface area contributed by atoms with Crippen molar-refractivity contribution in [3.8, 4) is 0 Å². The summed E-state index contributed by atoms with van der Waals surface area (Å²) in [5.74, 6) is 0.282. The first-order valence-corrected chi connectivity index (χ1v) is 6.96. The number of hydrogen-bond donors (Lipinski definition) is 1. The van der Waals surface area contributed by atoms with Crippen molar-refractivity contribution in [3.05, 3.63) is 30.1 Å². The average Bonchev–Trinajstić information content (AvgIpc) is 2.42. The van der Waals surface area contributed by atoms with Gasteiger partial charge in [-0.15, -0.1) is 0 Å². The van der Waals surface area contributed by atoms with E-state index in [1.54, 1.807) is 12.3 Å². The second kappa shape index (κ2) is 8.40. The Hall–Kier alpha value is -1.71. The summed E-state index contributed by atoms with van der Waals surface area (Å²) < 4.78 is 1.84. The number of pyridine rings is 1. The maximum Gasteiger partial charge on any atom is 0.277 e. The van der Waals surface area contributed by atoms with Crippen molar-refractivity contribution in [2.75, 3.05) is 0 Å². The first-order valence-electron chi connectivity index (χ1n) is 6.96. The molecule has 1 N–H and O–H groups in total. The Morgan fingerprint density at radius 1 is 1.53 bits per heavy atom. The zero-order valence-corrected chi connectivity index (χ0v) is 12.1. The maximum atomic E-state index is 11.8. The van der Waals surface area contributed by atoms with Gasteiger partial charge in [0.1, 0.15) is 12.6 Å². The fourth-order valence-electron chi connectivity index (χ4n) is 1.84. The summed E-state index contributed by atoms with van der Waals surface area (Å²) in [5.41, 5.74) is 3.20. The predicted molar refractivity (Wildman–Crippen MR) is 76.9 cm³/mol. The van der Waals surface area contributed by atoms with Crippen LogP contribution in [-0.2, 0) is 7.05 Å². The van der Waals surface area contributed by atoms with E-state index in [2.05, 4.69) is 24.4 Å². The third-order valence-electron chi connectivity index (χ3n) is 3.11. The van der Waals surface area contributed by atoms with Gasteiger partial charge in [-0.25, -0.2) is 9.99 Å². The molecule has 104 valence electrons. The Morgan fingerprint density at radius 2 is 2.32 bits per heavy atom. The Balaban J connectivity index is 2.48. The first kappa shape index (κ1) is 15.3. The van der Waals surface area contributed by atoms with E-state index in [-0.39, 0.29) is 5.91 Å². The van der Waals surface area contributed by atoms with Crippen molar-refractivity contribution in [2.24, 2.45) is 18.1 Å². The number of carbonyl (C=O) groups excluding carboxylic acids is 1. The van der Waals surface area contributed by atoms with Crippen LogP contribution < -0.4 is 9.99 Å². The van der Waals surface area contributed by atoms with Crippen molar-refractivity contribution in [1.82, 2.24) is 5.43 Å². The molecule has 0 fully saturated rings. The van der Waals surface area contributed by atoms with Crippen LogP contribution in [0.3, 0.4) is 0 Å². The number of aromatic nitrogens is 1. The summed E-state index contributed by atoms with van der Waals surface area (Å²) in [7, 11) is 1.89. The molecule has 0 bridgehead atoms. The summed E-state index contributed by atoms with van der Waals surface area (Å²) in [5, 5.41) is 4.07. The standard InChI is InChI=1S/C15H23N3O/c1-4-6-8-13(5-2)11-16-17-15(19)14-9-7-10-18(3)12-14/h7,9-13H,4-6,8H2,1-3H3/p+1/b16-11-. The molecular weight excluding hydrogens is 238 g/mol. The molecule has 4 nitrogen and oxygen atoms in total. The number of carbonyl (C=O) groups is 1. The van der Waals surface area contributed by atoms with Crippen LogP contribution in [0.2, 0.25) is 0 Å². The van der Waals surface area contributed by atoms with E-state index in [1.165, 1.54) is 12.8 Å². The monoisotopic (exact) mass is 262 g/mol. The molecule has 0 aliphatic heterocycles. The molecule has 0 radical (unpaired) electrons. The number of nitrogens with zero attached hydrogens (tertiary/aromatic N) is 2. The van der Waals surface area contributed by atoms with Gasteiger partial charge in [0.05, 0.1) is 0 Å². The molecule has 0 aromatic carbocycles. The molecule has 1 unspecified atom stereocenters. The zero-order valence-electron chi connectivity index (χ0n) is 12.1. The lowest BCUT2D eigenvalue weighted by Crippen LogP contribution is -2.29. The number of rotatable bonds is 7. The van der Waals surface area contributed by atoms with E-state index in [9.17, 15) is 4.79 Å². The molecule has 1 heterocycles. The number of hydrogen-bond acceptors (Lipinski definition) is 2. The van der Waals surface area contributed by atoms with Gasteiger partial charge in [0.15, 0.2) is 12.4 Å². The Bertz CT molecular complexity index is 429. The minimum absolute atomic E-state index is 0.169. The van der Waals surface area contributed by atoms with Crippen molar-refractivity contribution in [3.63, 3.8) is 0 Å². The van der Waals surface area contributed by atoms with Gasteiger partial charge in [-0.1, -0.05) is 26.7 Å². The summed E-state index contributed by atoms with van der Waals surface area (Å²) in [6.45, 7) is 4.33. The van der Waals surface area contributed by atoms with Crippen molar-refractivity contribution in [2.45, 2.75) is 39.5 Å². The Labute approximate surface area is 115 Å². The third kappa shape index (κ3) is 5.64. The number of hydrazone groups is 1. The molecular formula is C15H24N3O+. The molecule has 0 aliphatic carbocycles. The van der Waals surface area contributed by atoms with Crippen LogP contribution in [0.5, 0.6) is 0 Å². The van der Waals surface area contributed by atoms with E-state index in [1.807, 2.05) is 30.1 Å². The molecule has 0 saturated heterocycles. The van der Waals surface area contributed by atoms with Gasteiger partial charge in [-0.05, 0) is 24.8 Å². The first-order chi connectivity index (χ1) is 9.17. The fourth-order valence-corrected chi connectivity index (χ4v) is 1.84. The molecule has 1 aromatic rings. The SMILES string of the molecule is CCCCC(/C=N\NC(=O)c1ccc[n+](C)c1)CC. The second-order valence-electron chi connectivity index (χ2n) is 4.79. The van der Waals surface area contributed by atoms with Gasteiger partial charge in [-0.2, -0.15) is 5.10 Å². The maximum absolute atomic E-state index is 11.8. The van der Waals surface area contributed by atoms with Crippen LogP contribution in [0.25, 0.3) is 0 Å². The fraction of sp³-hybridized carbons (Fsp3) is 0.533. The highest BCUT2D eigenvalue weighted by Gasteiger charge is 2.08. The van der Waals surface area contributed by atoms with Crippen LogP contribution in [0.4, 0.5) is 0 Å². The normalized spacial score (nSPS) is 12.6. The topological polar surface area (TPSA) is 45.3 Å². The van der Waals surface area contributed by atoms with E-state index >= 15 is 0 Å². The minimum Gasteiger partial charge on any atom is -0.267 e.